The van der Waals surface area contributed by atoms with Crippen molar-refractivity contribution in [3.8, 4) is 0 Å². The van der Waals surface area contributed by atoms with E-state index < -0.39 is 0 Å². The van der Waals surface area contributed by atoms with Crippen LogP contribution < -0.4 is 5.73 Å². The predicted octanol–water partition coefficient (Wildman–Crippen LogP) is 3.66. The van der Waals surface area contributed by atoms with Crippen molar-refractivity contribution in [2.45, 2.75) is 27.2 Å². The van der Waals surface area contributed by atoms with Crippen LogP contribution in [0.3, 0.4) is 0 Å². The molecular formula is C14H19N3. The van der Waals surface area contributed by atoms with Crippen LogP contribution in [0.25, 0.3) is 17.0 Å². The number of aromatic nitrogens is 2. The van der Waals surface area contributed by atoms with Gasteiger partial charge in [-0.15, -0.1) is 0 Å². The van der Waals surface area contributed by atoms with E-state index in [0.29, 0.717) is 11.6 Å². The van der Waals surface area contributed by atoms with E-state index in [1.54, 1.807) is 0 Å². The summed E-state index contributed by atoms with van der Waals surface area (Å²) in [6, 6.07) is 7.75. The van der Waals surface area contributed by atoms with E-state index in [0.717, 1.165) is 17.3 Å². The average molecular weight is 229 g/mol. The second-order valence-corrected chi connectivity index (χ2v) is 3.29. The van der Waals surface area contributed by atoms with Gasteiger partial charge in [0.25, 0.3) is 0 Å². The summed E-state index contributed by atoms with van der Waals surface area (Å²) in [7, 11) is 0. The maximum Gasteiger partial charge on any atom is 0.154 e. The number of anilines is 1. The van der Waals surface area contributed by atoms with E-state index >= 15 is 0 Å². The van der Waals surface area contributed by atoms with Gasteiger partial charge in [0.1, 0.15) is 5.82 Å². The Morgan fingerprint density at radius 2 is 1.88 bits per heavy atom. The average Bonchev–Trinajstić information content (AvgIpc) is 2.39. The molecule has 17 heavy (non-hydrogen) atoms. The van der Waals surface area contributed by atoms with Crippen molar-refractivity contribution >= 4 is 22.8 Å². The molecule has 2 rings (SSSR count). The fourth-order valence-electron chi connectivity index (χ4n) is 1.42. The molecule has 1 heterocycles. The zero-order chi connectivity index (χ0) is 12.7. The van der Waals surface area contributed by atoms with Gasteiger partial charge < -0.3 is 5.73 Å². The minimum absolute atomic E-state index is 0.538. The van der Waals surface area contributed by atoms with Gasteiger partial charge >= 0.3 is 0 Å². The lowest BCUT2D eigenvalue weighted by atomic mass is 10.2. The van der Waals surface area contributed by atoms with Gasteiger partial charge in [0.15, 0.2) is 5.82 Å². The van der Waals surface area contributed by atoms with Crippen molar-refractivity contribution < 1.29 is 0 Å². The maximum atomic E-state index is 5.84. The van der Waals surface area contributed by atoms with Crippen molar-refractivity contribution in [3.63, 3.8) is 0 Å². The van der Waals surface area contributed by atoms with Crippen molar-refractivity contribution in [1.29, 1.82) is 0 Å². The van der Waals surface area contributed by atoms with Crippen molar-refractivity contribution in [2.24, 2.45) is 0 Å². The third kappa shape index (κ3) is 3.28. The molecule has 0 spiro atoms. The molecule has 0 aliphatic rings. The Bertz CT molecular complexity index is 504. The van der Waals surface area contributed by atoms with Crippen LogP contribution >= 0.6 is 0 Å². The smallest absolute Gasteiger partial charge is 0.154 e. The Kier molecular flexibility index (Phi) is 5.14. The van der Waals surface area contributed by atoms with Crippen LogP contribution in [0, 0.1) is 0 Å². The summed E-state index contributed by atoms with van der Waals surface area (Å²) in [4.78, 5) is 8.61. The Morgan fingerprint density at radius 1 is 1.18 bits per heavy atom. The molecule has 3 nitrogen and oxygen atoms in total. The van der Waals surface area contributed by atoms with Crippen LogP contribution in [0.5, 0.6) is 0 Å². The first-order valence-electron chi connectivity index (χ1n) is 6.00. The van der Waals surface area contributed by atoms with E-state index in [9.17, 15) is 0 Å². The van der Waals surface area contributed by atoms with E-state index in [2.05, 4.69) is 16.9 Å². The van der Waals surface area contributed by atoms with Gasteiger partial charge in [-0.05, 0) is 24.6 Å². The first kappa shape index (κ1) is 13.2. The van der Waals surface area contributed by atoms with Gasteiger partial charge in [0.05, 0.1) is 5.52 Å². The highest BCUT2D eigenvalue weighted by atomic mass is 14.9. The lowest BCUT2D eigenvalue weighted by Crippen LogP contribution is -1.97. The summed E-state index contributed by atoms with van der Waals surface area (Å²) >= 11 is 0. The summed E-state index contributed by atoms with van der Waals surface area (Å²) < 4.78 is 0. The number of rotatable bonds is 2. The molecule has 1 aromatic carbocycles. The van der Waals surface area contributed by atoms with Gasteiger partial charge in [0, 0.05) is 5.39 Å². The number of allylic oxidation sites excluding steroid dienone is 1. The Labute approximate surface area is 102 Å². The zero-order valence-electron chi connectivity index (χ0n) is 10.6. The van der Waals surface area contributed by atoms with Gasteiger partial charge in [-0.1, -0.05) is 39.0 Å². The van der Waals surface area contributed by atoms with E-state index in [4.69, 9.17) is 5.73 Å². The Balaban J connectivity index is 0.000000686. The Hall–Kier alpha value is -1.90. The first-order valence-corrected chi connectivity index (χ1v) is 6.00. The molecule has 0 aliphatic carbocycles. The van der Waals surface area contributed by atoms with Crippen LogP contribution in [0.2, 0.25) is 0 Å². The standard InChI is InChI=1S/C12H13N3.C2H6/c1-2-3-8-11-14-10-7-5-4-6-9(10)12(13)15-11;1-2/h3-8H,2H2,1H3,(H2,13,14,15);1-2H3/b8-3+;. The lowest BCUT2D eigenvalue weighted by molar-refractivity contribution is 1.17. The molecule has 2 N–H and O–H groups in total. The molecule has 0 saturated carbocycles. The third-order valence-electron chi connectivity index (χ3n) is 2.15. The molecule has 3 heteroatoms. The number of fused-ring (bicyclic) bond motifs is 1. The molecule has 0 aliphatic heterocycles. The number of hydrogen-bond acceptors (Lipinski definition) is 3. The maximum absolute atomic E-state index is 5.84. The number of hydrogen-bond donors (Lipinski definition) is 1. The summed E-state index contributed by atoms with van der Waals surface area (Å²) in [5, 5.41) is 0.908. The topological polar surface area (TPSA) is 51.8 Å². The normalized spacial score (nSPS) is 10.3. The number of nitrogens with two attached hydrogens (primary N) is 1. The SMILES string of the molecule is CC.CC/C=C/c1nc(N)c2ccccc2n1. The van der Waals surface area contributed by atoms with Gasteiger partial charge in [-0.25, -0.2) is 9.97 Å². The minimum atomic E-state index is 0.538. The van der Waals surface area contributed by atoms with Crippen molar-refractivity contribution in [1.82, 2.24) is 9.97 Å². The largest absolute Gasteiger partial charge is 0.383 e. The van der Waals surface area contributed by atoms with Crippen LogP contribution in [-0.2, 0) is 0 Å². The highest BCUT2D eigenvalue weighted by Gasteiger charge is 2.01. The fourth-order valence-corrected chi connectivity index (χ4v) is 1.42. The van der Waals surface area contributed by atoms with Crippen LogP contribution in [0.4, 0.5) is 5.82 Å². The molecule has 0 atom stereocenters. The van der Waals surface area contributed by atoms with Gasteiger partial charge in [-0.3, -0.25) is 0 Å². The summed E-state index contributed by atoms with van der Waals surface area (Å²) in [6.45, 7) is 6.07. The summed E-state index contributed by atoms with van der Waals surface area (Å²) in [5.74, 6) is 1.21. The van der Waals surface area contributed by atoms with E-state index in [1.165, 1.54) is 0 Å². The molecule has 0 saturated heterocycles. The van der Waals surface area contributed by atoms with Crippen LogP contribution in [-0.4, -0.2) is 9.97 Å². The molecule has 0 unspecified atom stereocenters. The summed E-state index contributed by atoms with van der Waals surface area (Å²) in [5.41, 5.74) is 6.73. The monoisotopic (exact) mass is 229 g/mol. The zero-order valence-corrected chi connectivity index (χ0v) is 10.6. The molecule has 90 valence electrons. The van der Waals surface area contributed by atoms with E-state index in [-0.39, 0.29) is 0 Å². The fraction of sp³-hybridized carbons (Fsp3) is 0.286. The minimum Gasteiger partial charge on any atom is -0.383 e. The lowest BCUT2D eigenvalue weighted by Gasteiger charge is -2.01. The number of nitrogen functional groups attached to an aromatic ring is 1. The molecule has 0 fully saturated rings. The second-order valence-electron chi connectivity index (χ2n) is 3.29. The second kappa shape index (κ2) is 6.63. The molecule has 0 radical (unpaired) electrons. The third-order valence-corrected chi connectivity index (χ3v) is 2.15. The first-order chi connectivity index (χ1) is 8.31. The number of benzene rings is 1. The number of nitrogens with zero attached hydrogens (tertiary/aromatic N) is 2. The van der Waals surface area contributed by atoms with Crippen LogP contribution in [0.15, 0.2) is 30.3 Å². The highest BCUT2D eigenvalue weighted by Crippen LogP contribution is 2.17. The predicted molar refractivity (Wildman–Crippen MR) is 74.6 cm³/mol. The summed E-state index contributed by atoms with van der Waals surface area (Å²) in [6.07, 6.45) is 4.88. The Morgan fingerprint density at radius 3 is 2.59 bits per heavy atom. The molecular weight excluding hydrogens is 210 g/mol. The van der Waals surface area contributed by atoms with Gasteiger partial charge in [-0.2, -0.15) is 0 Å². The van der Waals surface area contributed by atoms with E-state index in [1.807, 2.05) is 50.3 Å². The molecule has 0 bridgehead atoms. The molecule has 0 amide bonds. The van der Waals surface area contributed by atoms with Crippen molar-refractivity contribution in [2.75, 3.05) is 5.73 Å². The highest BCUT2D eigenvalue weighted by molar-refractivity contribution is 5.88. The quantitative estimate of drug-likeness (QED) is 0.855. The van der Waals surface area contributed by atoms with Crippen molar-refractivity contribution in [3.05, 3.63) is 36.2 Å². The van der Waals surface area contributed by atoms with Gasteiger partial charge in [0.2, 0.25) is 0 Å². The number of para-hydroxylation sites is 1. The van der Waals surface area contributed by atoms with Crippen LogP contribution in [0.1, 0.15) is 33.0 Å². The molecule has 1 aromatic heterocycles. The molecule has 2 aromatic rings.